The lowest BCUT2D eigenvalue weighted by Gasteiger charge is -2.61. The smallest absolute Gasteiger partial charge is 0.220 e. The van der Waals surface area contributed by atoms with Crippen LogP contribution < -0.4 is 11.1 Å². The highest BCUT2D eigenvalue weighted by atomic mass is 32.2. The normalized spacial score (nSPS) is 39.1. The summed E-state index contributed by atoms with van der Waals surface area (Å²) in [5.41, 5.74) is 4.04. The fourth-order valence-corrected chi connectivity index (χ4v) is 11.5. The molecule has 226 valence electrons. The summed E-state index contributed by atoms with van der Waals surface area (Å²) >= 11 is 0. The van der Waals surface area contributed by atoms with Crippen LogP contribution in [0.25, 0.3) is 0 Å². The van der Waals surface area contributed by atoms with Crippen LogP contribution in [0.5, 0.6) is 0 Å². The Morgan fingerprint density at radius 3 is 2.36 bits per heavy atom. The van der Waals surface area contributed by atoms with Crippen molar-refractivity contribution in [2.45, 2.75) is 136 Å². The van der Waals surface area contributed by atoms with Crippen molar-refractivity contribution in [2.75, 3.05) is 6.54 Å². The van der Waals surface area contributed by atoms with E-state index < -0.39 is 20.4 Å². The Kier molecular flexibility index (Phi) is 8.99. The molecule has 0 aliphatic heterocycles. The molecule has 4 rings (SSSR count). The molecule has 0 aromatic carbocycles. The Hall–Kier alpha value is -0.660. The van der Waals surface area contributed by atoms with Crippen molar-refractivity contribution < 1.29 is 23.5 Å². The summed E-state index contributed by atoms with van der Waals surface area (Å²) in [4.78, 5) is 11.1. The topological polar surface area (TPSA) is 114 Å². The molecule has 6 nitrogen and oxygen atoms in total. The zero-order chi connectivity index (χ0) is 28.9. The van der Waals surface area contributed by atoms with Crippen LogP contribution in [-0.2, 0) is 14.9 Å². The third-order valence-electron chi connectivity index (χ3n) is 13.1. The molecule has 0 aromatic heterocycles. The van der Waals surface area contributed by atoms with Gasteiger partial charge in [0.2, 0.25) is 5.91 Å². The minimum absolute atomic E-state index is 0.0317. The first-order valence-electron chi connectivity index (χ1n) is 16.1. The summed E-state index contributed by atoms with van der Waals surface area (Å²) in [7, 11) is -4.56. The van der Waals surface area contributed by atoms with Crippen LogP contribution in [0.2, 0.25) is 0 Å². The van der Waals surface area contributed by atoms with Crippen LogP contribution >= 0.6 is 0 Å². The number of hydrogen-bond donors (Lipinski definition) is 2. The summed E-state index contributed by atoms with van der Waals surface area (Å²) in [6.45, 7) is 13.2. The van der Waals surface area contributed by atoms with Crippen molar-refractivity contribution in [3.63, 3.8) is 0 Å². The van der Waals surface area contributed by atoms with Gasteiger partial charge in [-0.15, -0.1) is 0 Å². The van der Waals surface area contributed by atoms with Gasteiger partial charge in [0, 0.05) is 24.8 Å². The molecule has 4 N–H and O–H groups in total. The molecule has 7 heteroatoms. The van der Waals surface area contributed by atoms with Crippen molar-refractivity contribution in [2.24, 2.45) is 51.8 Å². The highest BCUT2D eigenvalue weighted by Gasteiger charge is 2.60. The van der Waals surface area contributed by atoms with Gasteiger partial charge in [0.25, 0.3) is 0 Å². The Balaban J connectivity index is 1.27. The maximum atomic E-state index is 12.7. The third-order valence-corrected chi connectivity index (χ3v) is 14.9. The average molecular weight is 567 g/mol. The number of fused-ring (bicyclic) bond motifs is 5. The second-order valence-corrected chi connectivity index (χ2v) is 17.5. The van der Waals surface area contributed by atoms with Gasteiger partial charge in [-0.2, -0.15) is 0 Å². The Labute approximate surface area is 239 Å². The van der Waals surface area contributed by atoms with Crippen LogP contribution in [-0.4, -0.2) is 30.3 Å². The van der Waals surface area contributed by atoms with Crippen molar-refractivity contribution in [3.8, 4) is 0 Å². The van der Waals surface area contributed by atoms with Crippen molar-refractivity contribution in [1.82, 2.24) is 5.32 Å². The molecular weight excluding hydrogens is 508 g/mol. The molecule has 4 aliphatic carbocycles. The molecule has 0 heterocycles. The Bertz CT molecular complexity index is 993. The van der Waals surface area contributed by atoms with Gasteiger partial charge >= 0.3 is 0 Å². The van der Waals surface area contributed by atoms with E-state index in [4.69, 9.17) is 0 Å². The quantitative estimate of drug-likeness (QED) is 0.268. The monoisotopic (exact) mass is 566 g/mol. The predicted molar refractivity (Wildman–Crippen MR) is 155 cm³/mol. The minimum atomic E-state index is -4.56. The third kappa shape index (κ3) is 5.71. The standard InChI is InChI=1S/C32H58N2O4S/c1-22(11-16-28(35)34-21-9-19-32(33,29(2,3)4)39(36,37)38)25-14-15-26-24-13-12-23-10-7-8-18-30(23,5)27(24)17-20-31(25,26)6/h22-27H,7-21,33H2,1-6H3,(H,34,35)(H,36,37,38)/t22-,23?,24+,25-,26+,27+,30+,31-,32?/m1/s1. The summed E-state index contributed by atoms with van der Waals surface area (Å²) in [5.74, 6) is 4.94. The lowest BCUT2D eigenvalue weighted by molar-refractivity contribution is -0.470. The largest absolute Gasteiger partial charge is 0.743 e. The molecule has 0 spiro atoms. The summed E-state index contributed by atoms with van der Waals surface area (Å²) < 4.78 is 35.7. The molecular formula is C32H58N2O4S. The first kappa shape index (κ1) is 31.3. The first-order chi connectivity index (χ1) is 18.0. The SMILES string of the molecule is C[C@H](CCC(=O)NCCCC([NH3+])(C(C)(C)C)S(=O)(=O)[O-])[C@H]1CC[C@H]2[C@@H]3CCC4CCCC[C@]4(C)[C@H]3CC[C@]12C. The maximum Gasteiger partial charge on any atom is 0.220 e. The summed E-state index contributed by atoms with van der Waals surface area (Å²) in [6.07, 6.45) is 16.2. The number of rotatable bonds is 9. The zero-order valence-corrected chi connectivity index (χ0v) is 26.6. The number of nitrogens with one attached hydrogen (secondary N) is 1. The van der Waals surface area contributed by atoms with E-state index >= 15 is 0 Å². The highest BCUT2D eigenvalue weighted by molar-refractivity contribution is 7.86. The van der Waals surface area contributed by atoms with Crippen LogP contribution in [0, 0.1) is 51.8 Å². The lowest BCUT2D eigenvalue weighted by Crippen LogP contribution is -2.81. The van der Waals surface area contributed by atoms with E-state index in [1.54, 1.807) is 20.8 Å². The Morgan fingerprint density at radius 1 is 1.00 bits per heavy atom. The fraction of sp³-hybridized carbons (Fsp3) is 0.969. The molecule has 1 amide bonds. The van der Waals surface area contributed by atoms with Gasteiger partial charge in [-0.05, 0) is 111 Å². The molecule has 0 aromatic rings. The van der Waals surface area contributed by atoms with Gasteiger partial charge in [-0.25, -0.2) is 8.42 Å². The molecule has 0 saturated heterocycles. The van der Waals surface area contributed by atoms with Crippen LogP contribution in [0.4, 0.5) is 0 Å². The minimum Gasteiger partial charge on any atom is -0.743 e. The van der Waals surface area contributed by atoms with E-state index in [1.807, 2.05) is 0 Å². The van der Waals surface area contributed by atoms with E-state index in [1.165, 1.54) is 64.2 Å². The van der Waals surface area contributed by atoms with Crippen LogP contribution in [0.15, 0.2) is 0 Å². The number of quaternary nitrogens is 1. The van der Waals surface area contributed by atoms with Crippen molar-refractivity contribution in [1.29, 1.82) is 0 Å². The predicted octanol–water partition coefficient (Wildman–Crippen LogP) is 5.88. The average Bonchev–Trinajstić information content (AvgIpc) is 3.20. The molecule has 4 aliphatic rings. The molecule has 9 atom stereocenters. The second-order valence-electron chi connectivity index (χ2n) is 15.8. The molecule has 0 radical (unpaired) electrons. The molecule has 4 fully saturated rings. The van der Waals surface area contributed by atoms with E-state index in [0.717, 1.165) is 30.1 Å². The Morgan fingerprint density at radius 2 is 1.69 bits per heavy atom. The van der Waals surface area contributed by atoms with Gasteiger partial charge in [-0.1, -0.05) is 54.4 Å². The van der Waals surface area contributed by atoms with Crippen molar-refractivity contribution >= 4 is 16.0 Å². The summed E-state index contributed by atoms with van der Waals surface area (Å²) in [6, 6.07) is 0. The number of amides is 1. The second kappa shape index (κ2) is 11.2. The molecule has 4 saturated carbocycles. The molecule has 39 heavy (non-hydrogen) atoms. The van der Waals surface area contributed by atoms with Gasteiger partial charge in [-0.3, -0.25) is 4.79 Å². The fourth-order valence-electron chi connectivity index (χ4n) is 10.4. The first-order valence-corrected chi connectivity index (χ1v) is 17.5. The number of carbonyl (C=O) groups excluding carboxylic acids is 1. The van der Waals surface area contributed by atoms with Gasteiger partial charge < -0.3 is 15.6 Å². The molecule has 2 unspecified atom stereocenters. The van der Waals surface area contributed by atoms with Gasteiger partial charge in [0.05, 0.1) is 0 Å². The number of hydrogen-bond acceptors (Lipinski definition) is 4. The maximum absolute atomic E-state index is 12.7. The summed E-state index contributed by atoms with van der Waals surface area (Å²) in [5, 5.41) is 2.97. The van der Waals surface area contributed by atoms with E-state index in [9.17, 15) is 17.8 Å². The lowest BCUT2D eigenvalue weighted by atomic mass is 9.44. The number of carbonyl (C=O) groups is 1. The van der Waals surface area contributed by atoms with Gasteiger partial charge in [0.15, 0.2) is 15.0 Å². The van der Waals surface area contributed by atoms with E-state index in [2.05, 4.69) is 31.8 Å². The molecule has 0 bridgehead atoms. The van der Waals surface area contributed by atoms with E-state index in [-0.39, 0.29) is 12.3 Å². The highest BCUT2D eigenvalue weighted by Crippen LogP contribution is 2.68. The van der Waals surface area contributed by atoms with Crippen LogP contribution in [0.1, 0.15) is 131 Å². The van der Waals surface area contributed by atoms with Crippen LogP contribution in [0.3, 0.4) is 0 Å². The zero-order valence-electron chi connectivity index (χ0n) is 25.8. The van der Waals surface area contributed by atoms with Crippen molar-refractivity contribution in [3.05, 3.63) is 0 Å². The van der Waals surface area contributed by atoms with Gasteiger partial charge in [0.1, 0.15) is 0 Å². The van der Waals surface area contributed by atoms with E-state index in [0.29, 0.717) is 42.1 Å².